The van der Waals surface area contributed by atoms with Crippen molar-refractivity contribution < 1.29 is 34.2 Å². The van der Waals surface area contributed by atoms with E-state index in [1.165, 1.54) is 12.1 Å². The second-order valence-corrected chi connectivity index (χ2v) is 11.2. The zero-order valence-electron chi connectivity index (χ0n) is 24.7. The van der Waals surface area contributed by atoms with Gasteiger partial charge < -0.3 is 42.6 Å². The Labute approximate surface area is 254 Å². The average molecular weight is 609 g/mol. The number of para-hydroxylation sites is 1. The third-order valence-corrected chi connectivity index (χ3v) is 7.10. The van der Waals surface area contributed by atoms with Crippen molar-refractivity contribution in [3.05, 3.63) is 65.9 Å². The molecule has 3 rings (SSSR count). The Balaban J connectivity index is 1.81. The molecule has 4 atom stereocenters. The van der Waals surface area contributed by atoms with E-state index in [1.807, 2.05) is 38.1 Å². The first-order valence-corrected chi connectivity index (χ1v) is 14.3. The predicted molar refractivity (Wildman–Crippen MR) is 163 cm³/mol. The van der Waals surface area contributed by atoms with Crippen molar-refractivity contribution in [2.75, 3.05) is 0 Å². The number of aliphatic carboxylic acids is 1. The first kappa shape index (κ1) is 33.6. The quantitative estimate of drug-likeness (QED) is 0.116. The van der Waals surface area contributed by atoms with Gasteiger partial charge in [0.1, 0.15) is 23.9 Å². The number of H-pyrrole nitrogens is 1. The lowest BCUT2D eigenvalue weighted by Crippen LogP contribution is -2.58. The SMILES string of the molecule is CC(C)CC(NC(=O)C(N)CCC(N)=O)C(=O)NC(Cc1ccc(O)cc1)C(=O)NC(Cc1c[nH]c2ccccc12)C(=O)O. The van der Waals surface area contributed by atoms with Gasteiger partial charge in [0.05, 0.1) is 6.04 Å². The van der Waals surface area contributed by atoms with Crippen molar-refractivity contribution in [3.63, 3.8) is 0 Å². The topological polar surface area (TPSA) is 230 Å². The summed E-state index contributed by atoms with van der Waals surface area (Å²) in [7, 11) is 0. The number of nitrogens with two attached hydrogens (primary N) is 2. The lowest BCUT2D eigenvalue weighted by Gasteiger charge is -2.26. The molecule has 2 aromatic carbocycles. The molecule has 0 saturated carbocycles. The molecule has 0 spiro atoms. The third kappa shape index (κ3) is 9.83. The fourth-order valence-corrected chi connectivity index (χ4v) is 4.75. The Bertz CT molecular complexity index is 1470. The summed E-state index contributed by atoms with van der Waals surface area (Å²) in [6.45, 7) is 3.70. The van der Waals surface area contributed by atoms with Crippen LogP contribution in [0.25, 0.3) is 10.9 Å². The molecule has 0 aliphatic heterocycles. The van der Waals surface area contributed by atoms with Crippen LogP contribution in [0.3, 0.4) is 0 Å². The smallest absolute Gasteiger partial charge is 0.326 e. The molecular weight excluding hydrogens is 568 g/mol. The number of carboxylic acid groups (broad SMARTS) is 1. The van der Waals surface area contributed by atoms with Gasteiger partial charge in [-0.25, -0.2) is 4.79 Å². The summed E-state index contributed by atoms with van der Waals surface area (Å²) >= 11 is 0. The summed E-state index contributed by atoms with van der Waals surface area (Å²) < 4.78 is 0. The molecule has 0 bridgehead atoms. The van der Waals surface area contributed by atoms with E-state index in [-0.39, 0.29) is 43.8 Å². The van der Waals surface area contributed by atoms with E-state index in [0.717, 1.165) is 10.9 Å². The van der Waals surface area contributed by atoms with Gasteiger partial charge in [0.15, 0.2) is 0 Å². The number of nitrogens with one attached hydrogen (secondary N) is 4. The van der Waals surface area contributed by atoms with Crippen LogP contribution < -0.4 is 27.4 Å². The van der Waals surface area contributed by atoms with Gasteiger partial charge in [-0.15, -0.1) is 0 Å². The van der Waals surface area contributed by atoms with Gasteiger partial charge in [0.25, 0.3) is 0 Å². The molecule has 44 heavy (non-hydrogen) atoms. The fraction of sp³-hybridized carbons (Fsp3) is 0.387. The van der Waals surface area contributed by atoms with E-state index in [9.17, 15) is 34.2 Å². The van der Waals surface area contributed by atoms with Gasteiger partial charge in [0, 0.05) is 36.4 Å². The van der Waals surface area contributed by atoms with Crippen molar-refractivity contribution in [2.24, 2.45) is 17.4 Å². The van der Waals surface area contributed by atoms with Crippen LogP contribution in [0.15, 0.2) is 54.7 Å². The maximum Gasteiger partial charge on any atom is 0.326 e. The molecule has 0 fully saturated rings. The summed E-state index contributed by atoms with van der Waals surface area (Å²) in [5.41, 5.74) is 13.1. The number of rotatable bonds is 16. The number of hydrogen-bond acceptors (Lipinski definition) is 7. The Morgan fingerprint density at radius 3 is 2.09 bits per heavy atom. The van der Waals surface area contributed by atoms with Gasteiger partial charge in [-0.1, -0.05) is 44.2 Å². The number of aromatic hydroxyl groups is 1. The molecular formula is C31H40N6O7. The summed E-state index contributed by atoms with van der Waals surface area (Å²) in [6.07, 6.45) is 1.75. The normalized spacial score (nSPS) is 13.9. The van der Waals surface area contributed by atoms with Gasteiger partial charge in [-0.3, -0.25) is 19.2 Å². The predicted octanol–water partition coefficient (Wildman–Crippen LogP) is 0.837. The fourth-order valence-electron chi connectivity index (χ4n) is 4.75. The number of carbonyl (C=O) groups is 5. The van der Waals surface area contributed by atoms with Crippen LogP contribution in [0.1, 0.15) is 44.2 Å². The number of phenols is 1. The molecule has 1 aromatic heterocycles. The number of primary amides is 1. The van der Waals surface area contributed by atoms with Crippen molar-refractivity contribution in [1.82, 2.24) is 20.9 Å². The van der Waals surface area contributed by atoms with Crippen LogP contribution in [0, 0.1) is 5.92 Å². The Morgan fingerprint density at radius 1 is 0.841 bits per heavy atom. The van der Waals surface area contributed by atoms with E-state index in [4.69, 9.17) is 11.5 Å². The highest BCUT2D eigenvalue weighted by Gasteiger charge is 2.31. The number of hydrogen-bond donors (Lipinski definition) is 8. The van der Waals surface area contributed by atoms with E-state index in [0.29, 0.717) is 11.1 Å². The van der Waals surface area contributed by atoms with E-state index in [2.05, 4.69) is 20.9 Å². The van der Waals surface area contributed by atoms with Crippen molar-refractivity contribution in [1.29, 1.82) is 0 Å². The summed E-state index contributed by atoms with van der Waals surface area (Å²) in [4.78, 5) is 66.2. The lowest BCUT2D eigenvalue weighted by molar-refractivity contribution is -0.142. The number of benzene rings is 2. The van der Waals surface area contributed by atoms with Crippen LogP contribution >= 0.6 is 0 Å². The summed E-state index contributed by atoms with van der Waals surface area (Å²) in [6, 6.07) is 8.69. The van der Waals surface area contributed by atoms with Gasteiger partial charge in [-0.2, -0.15) is 0 Å². The Hall–Kier alpha value is -4.91. The third-order valence-electron chi connectivity index (χ3n) is 7.10. The number of fused-ring (bicyclic) bond motifs is 1. The second-order valence-electron chi connectivity index (χ2n) is 11.2. The molecule has 4 amide bonds. The van der Waals surface area contributed by atoms with E-state index >= 15 is 0 Å². The van der Waals surface area contributed by atoms with Crippen LogP contribution in [0.4, 0.5) is 0 Å². The molecule has 236 valence electrons. The van der Waals surface area contributed by atoms with E-state index < -0.39 is 53.8 Å². The van der Waals surface area contributed by atoms with Gasteiger partial charge in [-0.05, 0) is 48.1 Å². The first-order valence-electron chi connectivity index (χ1n) is 14.3. The zero-order valence-corrected chi connectivity index (χ0v) is 24.7. The summed E-state index contributed by atoms with van der Waals surface area (Å²) in [5, 5.41) is 28.3. The van der Waals surface area contributed by atoms with Crippen LogP contribution in [-0.4, -0.2) is 69.0 Å². The molecule has 4 unspecified atom stereocenters. The van der Waals surface area contributed by atoms with Crippen molar-refractivity contribution in [3.8, 4) is 5.75 Å². The minimum Gasteiger partial charge on any atom is -0.508 e. The van der Waals surface area contributed by atoms with Crippen LogP contribution in [0.5, 0.6) is 5.75 Å². The van der Waals surface area contributed by atoms with Gasteiger partial charge >= 0.3 is 5.97 Å². The van der Waals surface area contributed by atoms with Crippen LogP contribution in [-0.2, 0) is 36.8 Å². The maximum atomic E-state index is 13.6. The maximum absolute atomic E-state index is 13.6. The monoisotopic (exact) mass is 608 g/mol. The molecule has 0 radical (unpaired) electrons. The molecule has 1 heterocycles. The minimum absolute atomic E-state index is 0.00390. The Kier molecular flexibility index (Phi) is 11.9. The van der Waals surface area contributed by atoms with Crippen molar-refractivity contribution >= 4 is 40.5 Å². The Morgan fingerprint density at radius 2 is 1.45 bits per heavy atom. The largest absolute Gasteiger partial charge is 0.508 e. The minimum atomic E-state index is -1.31. The number of phenolic OH excluding ortho intramolecular Hbond substituents is 1. The molecule has 0 aliphatic rings. The number of aromatic nitrogens is 1. The lowest BCUT2D eigenvalue weighted by atomic mass is 9.99. The molecule has 0 aliphatic carbocycles. The molecule has 10 N–H and O–H groups in total. The van der Waals surface area contributed by atoms with E-state index in [1.54, 1.807) is 18.3 Å². The number of carboxylic acids is 1. The molecule has 0 saturated heterocycles. The molecule has 3 aromatic rings. The highest BCUT2D eigenvalue weighted by molar-refractivity contribution is 5.94. The number of amides is 4. The standard InChI is InChI=1S/C31H40N6O7/c1-17(2)13-24(35-28(40)22(32)11-12-27(33)39)29(41)36-25(14-18-7-9-20(38)10-8-18)30(42)37-26(31(43)44)15-19-16-34-23-6-4-3-5-21(19)23/h3-10,16-17,22,24-26,34,38H,11-15,32H2,1-2H3,(H2,33,39)(H,35,40)(H,36,41)(H,37,42)(H,43,44). The molecule has 13 nitrogen and oxygen atoms in total. The number of carbonyl (C=O) groups excluding carboxylic acids is 4. The average Bonchev–Trinajstić information content (AvgIpc) is 3.38. The first-order chi connectivity index (χ1) is 20.8. The van der Waals surface area contributed by atoms with Crippen LogP contribution in [0.2, 0.25) is 0 Å². The molecule has 13 heteroatoms. The van der Waals surface area contributed by atoms with Crippen molar-refractivity contribution in [2.45, 2.75) is 70.1 Å². The zero-order chi connectivity index (χ0) is 32.4. The second kappa shape index (κ2) is 15.5. The summed E-state index contributed by atoms with van der Waals surface area (Å²) in [5.74, 6) is -3.97. The highest BCUT2D eigenvalue weighted by atomic mass is 16.4. The highest BCUT2D eigenvalue weighted by Crippen LogP contribution is 2.19. The van der Waals surface area contributed by atoms with Gasteiger partial charge in [0.2, 0.25) is 23.6 Å². The number of aromatic amines is 1.